The van der Waals surface area contributed by atoms with Crippen LogP contribution in [0.1, 0.15) is 31.4 Å². The summed E-state index contributed by atoms with van der Waals surface area (Å²) in [5.74, 6) is 0. The molecule has 2 unspecified atom stereocenters. The van der Waals surface area contributed by atoms with Gasteiger partial charge in [0.05, 0.1) is 6.10 Å². The quantitative estimate of drug-likeness (QED) is 0.808. The summed E-state index contributed by atoms with van der Waals surface area (Å²) in [5.41, 5.74) is 1.11. The standard InChI is InChI=1S/C13H20N2O/c16-13-7-2-1-6-12(13)15-10-8-11-5-3-4-9-14-11/h3-5,9,12-13,15-16H,1-2,6-8,10H2. The number of hydrogen-bond donors (Lipinski definition) is 2. The summed E-state index contributed by atoms with van der Waals surface area (Å²) < 4.78 is 0. The van der Waals surface area contributed by atoms with E-state index in [0.29, 0.717) is 0 Å². The van der Waals surface area contributed by atoms with Crippen LogP contribution in [-0.4, -0.2) is 28.8 Å². The lowest BCUT2D eigenvalue weighted by Crippen LogP contribution is -2.42. The predicted octanol–water partition coefficient (Wildman–Crippen LogP) is 1.52. The molecule has 88 valence electrons. The third-order valence-electron chi connectivity index (χ3n) is 3.24. The molecule has 0 amide bonds. The highest BCUT2D eigenvalue weighted by Crippen LogP contribution is 2.18. The average Bonchev–Trinajstić information content (AvgIpc) is 2.33. The molecule has 2 N–H and O–H groups in total. The molecule has 0 aromatic carbocycles. The van der Waals surface area contributed by atoms with Crippen molar-refractivity contribution < 1.29 is 5.11 Å². The van der Waals surface area contributed by atoms with Crippen LogP contribution in [0.2, 0.25) is 0 Å². The van der Waals surface area contributed by atoms with Crippen molar-refractivity contribution in [3.05, 3.63) is 30.1 Å². The predicted molar refractivity (Wildman–Crippen MR) is 64.2 cm³/mol. The van der Waals surface area contributed by atoms with Crippen LogP contribution in [0.4, 0.5) is 0 Å². The Bertz CT molecular complexity index is 302. The van der Waals surface area contributed by atoms with Crippen molar-refractivity contribution in [2.45, 2.75) is 44.2 Å². The average molecular weight is 220 g/mol. The fourth-order valence-corrected chi connectivity index (χ4v) is 2.28. The first-order chi connectivity index (χ1) is 7.86. The molecule has 0 spiro atoms. The Hall–Kier alpha value is -0.930. The van der Waals surface area contributed by atoms with E-state index >= 15 is 0 Å². The van der Waals surface area contributed by atoms with E-state index in [1.165, 1.54) is 12.8 Å². The maximum Gasteiger partial charge on any atom is 0.0693 e. The molecule has 3 nitrogen and oxygen atoms in total. The van der Waals surface area contributed by atoms with Gasteiger partial charge in [-0.15, -0.1) is 0 Å². The first kappa shape index (κ1) is 11.6. The number of aliphatic hydroxyl groups is 1. The second-order valence-electron chi connectivity index (χ2n) is 4.48. The summed E-state index contributed by atoms with van der Waals surface area (Å²) in [6.45, 7) is 0.902. The first-order valence-electron chi connectivity index (χ1n) is 6.17. The Morgan fingerprint density at radius 3 is 2.94 bits per heavy atom. The molecule has 1 aliphatic rings. The SMILES string of the molecule is OC1CCCCC1NCCc1ccccn1. The van der Waals surface area contributed by atoms with Gasteiger partial charge in [-0.05, 0) is 25.0 Å². The molecule has 1 aliphatic carbocycles. The summed E-state index contributed by atoms with van der Waals surface area (Å²) in [5, 5.41) is 13.2. The Labute approximate surface area is 96.9 Å². The molecule has 2 atom stereocenters. The Morgan fingerprint density at radius 1 is 1.31 bits per heavy atom. The molecule has 1 fully saturated rings. The van der Waals surface area contributed by atoms with Gasteiger partial charge in [-0.3, -0.25) is 4.98 Å². The third kappa shape index (κ3) is 3.29. The fraction of sp³-hybridized carbons (Fsp3) is 0.615. The van der Waals surface area contributed by atoms with Crippen LogP contribution in [-0.2, 0) is 6.42 Å². The van der Waals surface area contributed by atoms with Gasteiger partial charge in [-0.2, -0.15) is 0 Å². The number of aromatic nitrogens is 1. The van der Waals surface area contributed by atoms with E-state index < -0.39 is 0 Å². The highest BCUT2D eigenvalue weighted by molar-refractivity contribution is 5.03. The summed E-state index contributed by atoms with van der Waals surface area (Å²) in [7, 11) is 0. The molecule has 1 heterocycles. The van der Waals surface area contributed by atoms with Crippen LogP contribution in [0.15, 0.2) is 24.4 Å². The number of aliphatic hydroxyl groups excluding tert-OH is 1. The second kappa shape index (κ2) is 5.97. The first-order valence-corrected chi connectivity index (χ1v) is 6.17. The largest absolute Gasteiger partial charge is 0.392 e. The number of pyridine rings is 1. The molecule has 0 saturated heterocycles. The molecule has 3 heteroatoms. The zero-order valence-corrected chi connectivity index (χ0v) is 9.60. The van der Waals surface area contributed by atoms with Gasteiger partial charge < -0.3 is 10.4 Å². The van der Waals surface area contributed by atoms with E-state index in [1.54, 1.807) is 0 Å². The van der Waals surface area contributed by atoms with Crippen molar-refractivity contribution >= 4 is 0 Å². The van der Waals surface area contributed by atoms with Gasteiger partial charge in [0, 0.05) is 30.9 Å². The second-order valence-corrected chi connectivity index (χ2v) is 4.48. The lowest BCUT2D eigenvalue weighted by Gasteiger charge is -2.28. The fourth-order valence-electron chi connectivity index (χ4n) is 2.28. The smallest absolute Gasteiger partial charge is 0.0693 e. The van der Waals surface area contributed by atoms with Crippen LogP contribution >= 0.6 is 0 Å². The van der Waals surface area contributed by atoms with E-state index in [4.69, 9.17) is 0 Å². The van der Waals surface area contributed by atoms with Crippen molar-refractivity contribution in [1.82, 2.24) is 10.3 Å². The number of nitrogens with zero attached hydrogens (tertiary/aromatic N) is 1. The number of rotatable bonds is 4. The van der Waals surface area contributed by atoms with Crippen molar-refractivity contribution in [1.29, 1.82) is 0 Å². The monoisotopic (exact) mass is 220 g/mol. The van der Waals surface area contributed by atoms with Crippen molar-refractivity contribution in [3.63, 3.8) is 0 Å². The van der Waals surface area contributed by atoms with E-state index in [1.807, 2.05) is 24.4 Å². The molecule has 1 saturated carbocycles. The minimum atomic E-state index is -0.155. The van der Waals surface area contributed by atoms with Crippen molar-refractivity contribution in [3.8, 4) is 0 Å². The van der Waals surface area contributed by atoms with E-state index in [9.17, 15) is 5.11 Å². The van der Waals surface area contributed by atoms with Crippen molar-refractivity contribution in [2.24, 2.45) is 0 Å². The van der Waals surface area contributed by atoms with Gasteiger partial charge >= 0.3 is 0 Å². The van der Waals surface area contributed by atoms with Crippen molar-refractivity contribution in [2.75, 3.05) is 6.54 Å². The van der Waals surface area contributed by atoms with Gasteiger partial charge in [0.25, 0.3) is 0 Å². The van der Waals surface area contributed by atoms with E-state index in [0.717, 1.165) is 31.5 Å². The van der Waals surface area contributed by atoms with Crippen LogP contribution in [0.3, 0.4) is 0 Å². The lowest BCUT2D eigenvalue weighted by atomic mass is 9.92. The van der Waals surface area contributed by atoms with E-state index in [-0.39, 0.29) is 12.1 Å². The Balaban J connectivity index is 1.71. The molecule has 1 aromatic heterocycles. The van der Waals surface area contributed by atoms with Gasteiger partial charge in [0.1, 0.15) is 0 Å². The summed E-state index contributed by atoms with van der Waals surface area (Å²) >= 11 is 0. The minimum Gasteiger partial charge on any atom is -0.392 e. The van der Waals surface area contributed by atoms with Gasteiger partial charge in [0.2, 0.25) is 0 Å². The molecular weight excluding hydrogens is 200 g/mol. The highest BCUT2D eigenvalue weighted by atomic mass is 16.3. The Morgan fingerprint density at radius 2 is 2.19 bits per heavy atom. The number of hydrogen-bond acceptors (Lipinski definition) is 3. The normalized spacial score (nSPS) is 25.6. The van der Waals surface area contributed by atoms with Gasteiger partial charge in [0.15, 0.2) is 0 Å². The molecule has 0 radical (unpaired) electrons. The molecule has 16 heavy (non-hydrogen) atoms. The van der Waals surface area contributed by atoms with Crippen LogP contribution < -0.4 is 5.32 Å². The molecule has 2 rings (SSSR count). The van der Waals surface area contributed by atoms with Gasteiger partial charge in [-0.1, -0.05) is 18.9 Å². The zero-order valence-electron chi connectivity index (χ0n) is 9.60. The van der Waals surface area contributed by atoms with E-state index in [2.05, 4.69) is 10.3 Å². The van der Waals surface area contributed by atoms with Gasteiger partial charge in [-0.25, -0.2) is 0 Å². The summed E-state index contributed by atoms with van der Waals surface area (Å²) in [6, 6.07) is 6.27. The van der Waals surface area contributed by atoms with Crippen LogP contribution in [0.25, 0.3) is 0 Å². The topological polar surface area (TPSA) is 45.1 Å². The molecule has 0 aliphatic heterocycles. The van der Waals surface area contributed by atoms with Crippen LogP contribution in [0.5, 0.6) is 0 Å². The third-order valence-corrected chi connectivity index (χ3v) is 3.24. The molecule has 0 bridgehead atoms. The lowest BCUT2D eigenvalue weighted by molar-refractivity contribution is 0.0913. The maximum atomic E-state index is 9.79. The van der Waals surface area contributed by atoms with Crippen LogP contribution in [0, 0.1) is 0 Å². The maximum absolute atomic E-state index is 9.79. The summed E-state index contributed by atoms with van der Waals surface area (Å²) in [6.07, 6.45) is 7.05. The highest BCUT2D eigenvalue weighted by Gasteiger charge is 2.21. The minimum absolute atomic E-state index is 0.155. The molecule has 1 aromatic rings. The molecular formula is C13H20N2O. The Kier molecular flexibility index (Phi) is 4.31. The summed E-state index contributed by atoms with van der Waals surface area (Å²) in [4.78, 5) is 4.28. The zero-order chi connectivity index (χ0) is 11.2. The number of nitrogens with one attached hydrogen (secondary N) is 1.